The van der Waals surface area contributed by atoms with Crippen molar-refractivity contribution in [1.82, 2.24) is 0 Å². The molecule has 0 nitrogen and oxygen atoms in total. The van der Waals surface area contributed by atoms with E-state index in [1.807, 2.05) is 0 Å². The smallest absolute Gasteiger partial charge is 0.0128 e. The number of hydrogen-bond donors (Lipinski definition) is 0. The lowest BCUT2D eigenvalue weighted by molar-refractivity contribution is -0.00853. The molecular formula is C25H42. The van der Waals surface area contributed by atoms with Crippen LogP contribution in [0.4, 0.5) is 0 Å². The first-order chi connectivity index (χ1) is 11.3. The summed E-state index contributed by atoms with van der Waals surface area (Å²) in [4.78, 5) is 0. The summed E-state index contributed by atoms with van der Waals surface area (Å²) >= 11 is 0. The van der Waals surface area contributed by atoms with E-state index >= 15 is 0 Å². The van der Waals surface area contributed by atoms with E-state index in [0.29, 0.717) is 10.8 Å². The second-order valence-electron chi connectivity index (χ2n) is 9.70. The summed E-state index contributed by atoms with van der Waals surface area (Å²) in [6, 6.07) is 7.26. The predicted molar refractivity (Wildman–Crippen MR) is 112 cm³/mol. The van der Waals surface area contributed by atoms with Gasteiger partial charge in [0.05, 0.1) is 0 Å². The van der Waals surface area contributed by atoms with E-state index in [9.17, 15) is 0 Å². The molecule has 3 aliphatic carbocycles. The first kappa shape index (κ1) is 20.5. The monoisotopic (exact) mass is 342 g/mol. The van der Waals surface area contributed by atoms with Gasteiger partial charge >= 0.3 is 0 Å². The highest BCUT2D eigenvalue weighted by Gasteiger charge is 2.57. The molecule has 3 aliphatic rings. The third kappa shape index (κ3) is 3.31. The molecule has 0 radical (unpaired) electrons. The molecule has 25 heavy (non-hydrogen) atoms. The Hall–Kier alpha value is -0.780. The van der Waals surface area contributed by atoms with Gasteiger partial charge in [-0.3, -0.25) is 0 Å². The van der Waals surface area contributed by atoms with Crippen molar-refractivity contribution in [2.24, 2.45) is 22.7 Å². The average Bonchev–Trinajstić information content (AvgIpc) is 2.78. The van der Waals surface area contributed by atoms with Crippen LogP contribution in [0.1, 0.15) is 103 Å². The van der Waals surface area contributed by atoms with E-state index in [1.165, 1.54) is 50.5 Å². The van der Waals surface area contributed by atoms with Crippen molar-refractivity contribution in [3.05, 3.63) is 34.9 Å². The Morgan fingerprint density at radius 1 is 1.00 bits per heavy atom. The zero-order valence-corrected chi connectivity index (χ0v) is 16.9. The molecule has 0 spiro atoms. The van der Waals surface area contributed by atoms with Gasteiger partial charge in [-0.05, 0) is 85.2 Å². The van der Waals surface area contributed by atoms with E-state index in [-0.39, 0.29) is 7.43 Å². The molecule has 0 saturated heterocycles. The molecular weight excluding hydrogens is 300 g/mol. The number of benzene rings is 1. The van der Waals surface area contributed by atoms with Crippen LogP contribution in [0.2, 0.25) is 0 Å². The lowest BCUT2D eigenvalue weighted by Crippen LogP contribution is -2.45. The van der Waals surface area contributed by atoms with Crippen LogP contribution in [-0.2, 0) is 6.42 Å². The molecule has 0 bridgehead atoms. The fourth-order valence-electron chi connectivity index (χ4n) is 6.21. The van der Waals surface area contributed by atoms with Crippen molar-refractivity contribution >= 4 is 0 Å². The minimum Gasteiger partial charge on any atom is -0.0776 e. The molecule has 142 valence electrons. The molecule has 0 heterocycles. The molecule has 1 aromatic carbocycles. The average molecular weight is 343 g/mol. The van der Waals surface area contributed by atoms with Gasteiger partial charge < -0.3 is 0 Å². The normalized spacial score (nSPS) is 34.6. The summed E-state index contributed by atoms with van der Waals surface area (Å²) in [5.41, 5.74) is 5.96. The molecule has 0 N–H and O–H groups in total. The highest BCUT2D eigenvalue weighted by molar-refractivity contribution is 5.37. The van der Waals surface area contributed by atoms with Crippen molar-refractivity contribution in [3.63, 3.8) is 0 Å². The van der Waals surface area contributed by atoms with Gasteiger partial charge in [0.25, 0.3) is 0 Å². The SMILES string of the molecule is C.CCC.Cc1ccc2c(c1)CCC1C2CCC2(C)C1CCC2(C)C. The van der Waals surface area contributed by atoms with Gasteiger partial charge in [-0.15, -0.1) is 0 Å². The van der Waals surface area contributed by atoms with Gasteiger partial charge in [-0.25, -0.2) is 0 Å². The fraction of sp³-hybridized carbons (Fsp3) is 0.760. The molecule has 0 aromatic heterocycles. The van der Waals surface area contributed by atoms with Gasteiger partial charge in [0.2, 0.25) is 0 Å². The highest BCUT2D eigenvalue weighted by atomic mass is 14.6. The molecule has 0 heteroatoms. The van der Waals surface area contributed by atoms with Gasteiger partial charge in [0, 0.05) is 0 Å². The third-order valence-electron chi connectivity index (χ3n) is 7.90. The van der Waals surface area contributed by atoms with Gasteiger partial charge in [0.15, 0.2) is 0 Å². The Kier molecular flexibility index (Phi) is 6.12. The number of aryl methyl sites for hydroxylation is 2. The van der Waals surface area contributed by atoms with E-state index in [0.717, 1.165) is 17.8 Å². The molecule has 1 aromatic rings. The lowest BCUT2D eigenvalue weighted by Gasteiger charge is -2.53. The summed E-state index contributed by atoms with van der Waals surface area (Å²) in [6.45, 7) is 14.2. The lowest BCUT2D eigenvalue weighted by atomic mass is 9.51. The third-order valence-corrected chi connectivity index (χ3v) is 7.90. The quantitative estimate of drug-likeness (QED) is 0.449. The van der Waals surface area contributed by atoms with E-state index in [2.05, 4.69) is 59.7 Å². The number of fused-ring (bicyclic) bond motifs is 5. The zero-order chi connectivity index (χ0) is 17.5. The second-order valence-corrected chi connectivity index (χ2v) is 9.70. The Morgan fingerprint density at radius 3 is 2.36 bits per heavy atom. The Morgan fingerprint density at radius 2 is 1.68 bits per heavy atom. The summed E-state index contributed by atoms with van der Waals surface area (Å²) in [7, 11) is 0. The zero-order valence-electron chi connectivity index (χ0n) is 16.9. The fourth-order valence-corrected chi connectivity index (χ4v) is 6.21. The highest BCUT2D eigenvalue weighted by Crippen LogP contribution is 2.67. The van der Waals surface area contributed by atoms with Crippen molar-refractivity contribution in [2.45, 2.75) is 99.8 Å². The second kappa shape index (κ2) is 7.45. The van der Waals surface area contributed by atoms with Crippen LogP contribution >= 0.6 is 0 Å². The summed E-state index contributed by atoms with van der Waals surface area (Å²) in [6.07, 6.45) is 9.81. The molecule has 4 unspecified atom stereocenters. The van der Waals surface area contributed by atoms with E-state index in [4.69, 9.17) is 0 Å². The Balaban J connectivity index is 0.000000528. The van der Waals surface area contributed by atoms with Gasteiger partial charge in [-0.2, -0.15) is 0 Å². The molecule has 2 fully saturated rings. The van der Waals surface area contributed by atoms with Crippen molar-refractivity contribution in [1.29, 1.82) is 0 Å². The maximum atomic E-state index is 2.62. The summed E-state index contributed by atoms with van der Waals surface area (Å²) in [5.74, 6) is 2.79. The summed E-state index contributed by atoms with van der Waals surface area (Å²) in [5, 5.41) is 0. The van der Waals surface area contributed by atoms with Crippen LogP contribution in [0, 0.1) is 29.6 Å². The van der Waals surface area contributed by atoms with Crippen LogP contribution in [0.3, 0.4) is 0 Å². The number of rotatable bonds is 0. The molecule has 2 saturated carbocycles. The number of hydrogen-bond acceptors (Lipinski definition) is 0. The van der Waals surface area contributed by atoms with E-state index < -0.39 is 0 Å². The van der Waals surface area contributed by atoms with Crippen molar-refractivity contribution in [3.8, 4) is 0 Å². The van der Waals surface area contributed by atoms with Crippen LogP contribution < -0.4 is 0 Å². The van der Waals surface area contributed by atoms with Gasteiger partial charge in [-0.1, -0.05) is 72.2 Å². The van der Waals surface area contributed by atoms with Gasteiger partial charge in [0.1, 0.15) is 0 Å². The first-order valence-electron chi connectivity index (χ1n) is 10.4. The van der Waals surface area contributed by atoms with Crippen LogP contribution in [0.5, 0.6) is 0 Å². The summed E-state index contributed by atoms with van der Waals surface area (Å²) < 4.78 is 0. The standard InChI is InChI=1S/C21H30.C3H8.CH4/c1-14-5-7-16-15(13-14)6-8-18-17(16)9-12-21(4)19(18)10-11-20(21,2)3;1-3-2;/h5,7,13,17-19H,6,8-12H2,1-4H3;3H2,1-2H3;1H4. The van der Waals surface area contributed by atoms with Crippen molar-refractivity contribution in [2.75, 3.05) is 0 Å². The predicted octanol–water partition coefficient (Wildman–Crippen LogP) is 7.93. The Labute approximate surface area is 157 Å². The first-order valence-corrected chi connectivity index (χ1v) is 10.4. The minimum atomic E-state index is 0. The molecule has 4 rings (SSSR count). The van der Waals surface area contributed by atoms with Crippen LogP contribution in [-0.4, -0.2) is 0 Å². The topological polar surface area (TPSA) is 0 Å². The molecule has 0 aliphatic heterocycles. The maximum Gasteiger partial charge on any atom is -0.0128 e. The van der Waals surface area contributed by atoms with E-state index in [1.54, 1.807) is 11.1 Å². The largest absolute Gasteiger partial charge is 0.0776 e. The Bertz CT molecular complexity index is 582. The maximum absolute atomic E-state index is 2.62. The van der Waals surface area contributed by atoms with Crippen LogP contribution in [0.25, 0.3) is 0 Å². The minimum absolute atomic E-state index is 0. The van der Waals surface area contributed by atoms with Crippen LogP contribution in [0.15, 0.2) is 18.2 Å². The van der Waals surface area contributed by atoms with Crippen molar-refractivity contribution < 1.29 is 0 Å². The molecule has 4 atom stereocenters. The molecule has 0 amide bonds.